The molecule has 5 heteroatoms. The second-order valence-electron chi connectivity index (χ2n) is 6.15. The lowest BCUT2D eigenvalue weighted by Crippen LogP contribution is -3.06. The van der Waals surface area contributed by atoms with Gasteiger partial charge in [0, 0.05) is 13.1 Å². The first-order valence-corrected chi connectivity index (χ1v) is 8.55. The number of halogens is 1. The Hall–Kier alpha value is -1.98. The van der Waals surface area contributed by atoms with Crippen molar-refractivity contribution in [3.05, 3.63) is 71.5 Å². The van der Waals surface area contributed by atoms with Gasteiger partial charge in [-0.05, 0) is 35.5 Å². The first-order chi connectivity index (χ1) is 11.5. The Bertz CT molecular complexity index is 629. The van der Waals surface area contributed by atoms with Crippen molar-refractivity contribution >= 4 is 17.3 Å². The van der Waals surface area contributed by atoms with Crippen molar-refractivity contribution < 1.29 is 9.29 Å². The molecule has 0 spiro atoms. The van der Waals surface area contributed by atoms with Crippen LogP contribution in [-0.4, -0.2) is 37.2 Å². The molecule has 0 bridgehead atoms. The Kier molecular flexibility index (Phi) is 7.15. The number of hydrogen-bond donors (Lipinski definition) is 2. The van der Waals surface area contributed by atoms with E-state index in [1.54, 1.807) is 12.1 Å². The van der Waals surface area contributed by atoms with Crippen LogP contribution in [0.2, 0.25) is 0 Å². The molecule has 0 heterocycles. The van der Waals surface area contributed by atoms with Gasteiger partial charge in [-0.3, -0.25) is 0 Å². The van der Waals surface area contributed by atoms with Gasteiger partial charge in [0.2, 0.25) is 0 Å². The average Bonchev–Trinajstić information content (AvgIpc) is 2.58. The molecule has 0 fully saturated rings. The van der Waals surface area contributed by atoms with Crippen molar-refractivity contribution in [2.24, 2.45) is 0 Å². The van der Waals surface area contributed by atoms with Gasteiger partial charge in [0.1, 0.15) is 5.82 Å². The molecule has 0 aliphatic heterocycles. The van der Waals surface area contributed by atoms with Crippen LogP contribution < -0.4 is 10.2 Å². The summed E-state index contributed by atoms with van der Waals surface area (Å²) in [6.07, 6.45) is 0. The molecule has 0 radical (unpaired) electrons. The maximum absolute atomic E-state index is 13.0. The fourth-order valence-corrected chi connectivity index (χ4v) is 2.53. The highest BCUT2D eigenvalue weighted by Gasteiger charge is 2.11. The quantitative estimate of drug-likeness (QED) is 0.747. The Morgan fingerprint density at radius 1 is 1.04 bits per heavy atom. The van der Waals surface area contributed by atoms with Crippen molar-refractivity contribution in [1.82, 2.24) is 10.2 Å². The SMILES string of the molecule is C[NH+](C)CCN(Cc1ccccc1)C(=S)NCc1ccc(F)cc1. The molecule has 0 saturated carbocycles. The first-order valence-electron chi connectivity index (χ1n) is 8.15. The van der Waals surface area contributed by atoms with Gasteiger partial charge in [-0.1, -0.05) is 42.5 Å². The number of benzene rings is 2. The van der Waals surface area contributed by atoms with E-state index in [0.29, 0.717) is 6.54 Å². The number of likely N-dealkylation sites (N-methyl/N-ethyl adjacent to an activating group) is 1. The largest absolute Gasteiger partial charge is 0.358 e. The van der Waals surface area contributed by atoms with E-state index < -0.39 is 0 Å². The highest BCUT2D eigenvalue weighted by molar-refractivity contribution is 7.80. The van der Waals surface area contributed by atoms with Gasteiger partial charge in [-0.25, -0.2) is 4.39 Å². The second-order valence-corrected chi connectivity index (χ2v) is 6.54. The Morgan fingerprint density at radius 3 is 2.33 bits per heavy atom. The van der Waals surface area contributed by atoms with Crippen molar-refractivity contribution in [1.29, 1.82) is 0 Å². The zero-order valence-electron chi connectivity index (χ0n) is 14.3. The van der Waals surface area contributed by atoms with Gasteiger partial charge in [-0.2, -0.15) is 0 Å². The van der Waals surface area contributed by atoms with Crippen LogP contribution in [0.4, 0.5) is 4.39 Å². The van der Waals surface area contributed by atoms with E-state index in [0.717, 1.165) is 30.3 Å². The summed E-state index contributed by atoms with van der Waals surface area (Å²) in [6, 6.07) is 16.8. The van der Waals surface area contributed by atoms with Crippen molar-refractivity contribution in [3.8, 4) is 0 Å². The average molecular weight is 346 g/mol. The Morgan fingerprint density at radius 2 is 1.71 bits per heavy atom. The molecule has 0 saturated heterocycles. The normalized spacial score (nSPS) is 10.7. The van der Waals surface area contributed by atoms with Gasteiger partial charge in [0.05, 0.1) is 27.2 Å². The molecule has 2 N–H and O–H groups in total. The van der Waals surface area contributed by atoms with Crippen molar-refractivity contribution in [2.75, 3.05) is 27.2 Å². The van der Waals surface area contributed by atoms with Gasteiger partial charge < -0.3 is 15.1 Å². The number of nitrogens with zero attached hydrogens (tertiary/aromatic N) is 1. The summed E-state index contributed by atoms with van der Waals surface area (Å²) in [6.45, 7) is 3.26. The third kappa shape index (κ3) is 6.26. The minimum atomic E-state index is -0.221. The summed E-state index contributed by atoms with van der Waals surface area (Å²) < 4.78 is 13.0. The summed E-state index contributed by atoms with van der Waals surface area (Å²) in [7, 11) is 4.27. The monoisotopic (exact) mass is 346 g/mol. The third-order valence-electron chi connectivity index (χ3n) is 3.74. The van der Waals surface area contributed by atoms with Crippen LogP contribution in [0, 0.1) is 5.82 Å². The molecule has 24 heavy (non-hydrogen) atoms. The molecule has 3 nitrogen and oxygen atoms in total. The maximum atomic E-state index is 13.0. The zero-order chi connectivity index (χ0) is 17.4. The zero-order valence-corrected chi connectivity index (χ0v) is 15.1. The number of thiocarbonyl (C=S) groups is 1. The van der Waals surface area contributed by atoms with Gasteiger partial charge in [0.25, 0.3) is 0 Å². The predicted molar refractivity (Wildman–Crippen MR) is 100 cm³/mol. The van der Waals surface area contributed by atoms with E-state index in [-0.39, 0.29) is 5.82 Å². The second kappa shape index (κ2) is 9.35. The molecule has 2 aromatic rings. The molecular weight excluding hydrogens is 321 g/mol. The molecule has 0 amide bonds. The van der Waals surface area contributed by atoms with E-state index in [1.807, 2.05) is 18.2 Å². The van der Waals surface area contributed by atoms with Gasteiger partial charge in [-0.15, -0.1) is 0 Å². The summed E-state index contributed by atoms with van der Waals surface area (Å²) in [5.74, 6) is -0.221. The molecule has 2 aromatic carbocycles. The number of hydrogen-bond acceptors (Lipinski definition) is 1. The summed E-state index contributed by atoms with van der Waals surface area (Å²) in [4.78, 5) is 3.57. The van der Waals surface area contributed by atoms with Crippen molar-refractivity contribution in [3.63, 3.8) is 0 Å². The summed E-state index contributed by atoms with van der Waals surface area (Å²) in [5.41, 5.74) is 2.24. The number of quaternary nitrogens is 1. The minimum Gasteiger partial charge on any atom is -0.358 e. The molecular formula is C19H25FN3S+. The molecule has 0 aliphatic carbocycles. The van der Waals surface area contributed by atoms with E-state index >= 15 is 0 Å². The van der Waals surface area contributed by atoms with Crippen molar-refractivity contribution in [2.45, 2.75) is 13.1 Å². The van der Waals surface area contributed by atoms with Crippen LogP contribution >= 0.6 is 12.2 Å². The smallest absolute Gasteiger partial charge is 0.169 e. The molecule has 0 unspecified atom stereocenters. The van der Waals surface area contributed by atoms with E-state index in [2.05, 4.69) is 36.4 Å². The van der Waals surface area contributed by atoms with E-state index in [9.17, 15) is 4.39 Å². The highest BCUT2D eigenvalue weighted by Crippen LogP contribution is 2.06. The fraction of sp³-hybridized carbons (Fsp3) is 0.316. The van der Waals surface area contributed by atoms with E-state index in [4.69, 9.17) is 12.2 Å². The van der Waals surface area contributed by atoms with E-state index in [1.165, 1.54) is 22.6 Å². The minimum absolute atomic E-state index is 0.221. The molecule has 2 rings (SSSR count). The fourth-order valence-electron chi connectivity index (χ4n) is 2.31. The van der Waals surface area contributed by atoms with Crippen LogP contribution in [0.3, 0.4) is 0 Å². The van der Waals surface area contributed by atoms with Gasteiger partial charge in [0.15, 0.2) is 5.11 Å². The number of rotatable bonds is 7. The first kappa shape index (κ1) is 18.4. The standard InChI is InChI=1S/C19H24FN3S/c1-22(2)12-13-23(15-17-6-4-3-5-7-17)19(24)21-14-16-8-10-18(20)11-9-16/h3-11H,12-15H2,1-2H3,(H,21,24)/p+1. The van der Waals surface area contributed by atoms with Crippen LogP contribution in [0.1, 0.15) is 11.1 Å². The molecule has 0 aromatic heterocycles. The Balaban J connectivity index is 1.96. The topological polar surface area (TPSA) is 19.7 Å². The predicted octanol–water partition coefficient (Wildman–Crippen LogP) is 1.85. The lowest BCUT2D eigenvalue weighted by molar-refractivity contribution is -0.857. The molecule has 0 atom stereocenters. The highest BCUT2D eigenvalue weighted by atomic mass is 32.1. The van der Waals surface area contributed by atoms with Crippen LogP contribution in [0.15, 0.2) is 54.6 Å². The number of nitrogens with one attached hydrogen (secondary N) is 2. The third-order valence-corrected chi connectivity index (χ3v) is 4.14. The molecule has 128 valence electrons. The lowest BCUT2D eigenvalue weighted by Gasteiger charge is -2.26. The summed E-state index contributed by atoms with van der Waals surface area (Å²) in [5, 5.41) is 4.01. The maximum Gasteiger partial charge on any atom is 0.169 e. The molecule has 0 aliphatic rings. The van der Waals surface area contributed by atoms with Crippen LogP contribution in [0.25, 0.3) is 0 Å². The van der Waals surface area contributed by atoms with Crippen LogP contribution in [-0.2, 0) is 13.1 Å². The lowest BCUT2D eigenvalue weighted by atomic mass is 10.2. The van der Waals surface area contributed by atoms with Crippen LogP contribution in [0.5, 0.6) is 0 Å². The summed E-state index contributed by atoms with van der Waals surface area (Å²) >= 11 is 5.58. The van der Waals surface area contributed by atoms with Gasteiger partial charge >= 0.3 is 0 Å². The Labute approximate surface area is 149 Å².